The van der Waals surface area contributed by atoms with Gasteiger partial charge in [0.25, 0.3) is 5.91 Å². The summed E-state index contributed by atoms with van der Waals surface area (Å²) in [6.07, 6.45) is 0. The van der Waals surface area contributed by atoms with Crippen LogP contribution >= 0.6 is 27.3 Å². The highest BCUT2D eigenvalue weighted by Gasteiger charge is 2.12. The Morgan fingerprint density at radius 2 is 2.05 bits per heavy atom. The van der Waals surface area contributed by atoms with E-state index in [2.05, 4.69) is 21.2 Å². The lowest BCUT2D eigenvalue weighted by atomic mass is 10.2. The number of sulfonamides is 1. The van der Waals surface area contributed by atoms with Crippen LogP contribution in [0.1, 0.15) is 15.2 Å². The molecule has 0 bridgehead atoms. The second kappa shape index (κ2) is 6.04. The zero-order valence-corrected chi connectivity index (χ0v) is 13.4. The number of thiophene rings is 1. The van der Waals surface area contributed by atoms with Crippen molar-refractivity contribution in [1.29, 1.82) is 0 Å². The Kier molecular flexibility index (Phi) is 4.59. The van der Waals surface area contributed by atoms with Crippen molar-refractivity contribution in [3.63, 3.8) is 0 Å². The number of halogens is 1. The van der Waals surface area contributed by atoms with Crippen LogP contribution in [0.2, 0.25) is 0 Å². The highest BCUT2D eigenvalue weighted by atomic mass is 79.9. The van der Waals surface area contributed by atoms with E-state index in [9.17, 15) is 13.2 Å². The second-order valence-electron chi connectivity index (χ2n) is 3.96. The van der Waals surface area contributed by atoms with Gasteiger partial charge in [0.1, 0.15) is 4.21 Å². The first kappa shape index (κ1) is 15.2. The predicted molar refractivity (Wildman–Crippen MR) is 81.0 cm³/mol. The Hall–Kier alpha value is -1.22. The molecule has 1 aromatic carbocycles. The van der Waals surface area contributed by atoms with Crippen molar-refractivity contribution < 1.29 is 13.2 Å². The molecule has 0 atom stereocenters. The van der Waals surface area contributed by atoms with Crippen LogP contribution in [-0.4, -0.2) is 14.3 Å². The van der Waals surface area contributed by atoms with E-state index in [0.29, 0.717) is 5.56 Å². The van der Waals surface area contributed by atoms with E-state index in [-0.39, 0.29) is 16.7 Å². The van der Waals surface area contributed by atoms with E-state index >= 15 is 0 Å². The fraction of sp³-hybridized carbons (Fsp3) is 0.0833. The molecule has 20 heavy (non-hydrogen) atoms. The van der Waals surface area contributed by atoms with Crippen LogP contribution in [-0.2, 0) is 16.6 Å². The zero-order valence-electron chi connectivity index (χ0n) is 10.2. The van der Waals surface area contributed by atoms with Crippen molar-refractivity contribution in [3.8, 4) is 0 Å². The minimum Gasteiger partial charge on any atom is -0.347 e. The van der Waals surface area contributed by atoms with Gasteiger partial charge in [-0.2, -0.15) is 0 Å². The van der Waals surface area contributed by atoms with Crippen molar-refractivity contribution in [2.45, 2.75) is 10.8 Å². The summed E-state index contributed by atoms with van der Waals surface area (Å²) in [5.41, 5.74) is 0.530. The standard InChI is InChI=1S/C12H11BrN2O3S2/c13-9-3-1-2-8(6-9)12(16)15-7-10-4-5-11(19-10)20(14,17)18/h1-6H,7H2,(H,15,16)(H2,14,17,18). The lowest BCUT2D eigenvalue weighted by Gasteiger charge is -2.03. The molecule has 0 spiro atoms. The van der Waals surface area contributed by atoms with E-state index < -0.39 is 10.0 Å². The van der Waals surface area contributed by atoms with Gasteiger partial charge in [0.05, 0.1) is 6.54 Å². The third-order valence-electron chi connectivity index (χ3n) is 2.43. The van der Waals surface area contributed by atoms with Gasteiger partial charge in [-0.3, -0.25) is 4.79 Å². The van der Waals surface area contributed by atoms with Gasteiger partial charge in [-0.1, -0.05) is 22.0 Å². The molecule has 0 radical (unpaired) electrons. The summed E-state index contributed by atoms with van der Waals surface area (Å²) in [7, 11) is -3.68. The molecule has 0 aliphatic heterocycles. The molecule has 8 heteroatoms. The molecule has 0 aliphatic rings. The van der Waals surface area contributed by atoms with Gasteiger partial charge in [0, 0.05) is 14.9 Å². The summed E-state index contributed by atoms with van der Waals surface area (Å²) in [6, 6.07) is 10.1. The number of carbonyl (C=O) groups is 1. The Morgan fingerprint density at radius 1 is 1.30 bits per heavy atom. The first-order chi connectivity index (χ1) is 9.36. The number of hydrogen-bond donors (Lipinski definition) is 2. The highest BCUT2D eigenvalue weighted by molar-refractivity contribution is 9.10. The Labute approximate surface area is 129 Å². The quantitative estimate of drug-likeness (QED) is 0.858. The minimum atomic E-state index is -3.68. The lowest BCUT2D eigenvalue weighted by Crippen LogP contribution is -2.22. The average molecular weight is 375 g/mol. The Morgan fingerprint density at radius 3 is 2.65 bits per heavy atom. The number of benzene rings is 1. The second-order valence-corrected chi connectivity index (χ2v) is 7.83. The van der Waals surface area contributed by atoms with E-state index in [0.717, 1.165) is 20.7 Å². The van der Waals surface area contributed by atoms with Gasteiger partial charge >= 0.3 is 0 Å². The molecule has 1 aromatic heterocycles. The number of rotatable bonds is 4. The van der Waals surface area contributed by atoms with Gasteiger partial charge in [-0.15, -0.1) is 11.3 Å². The predicted octanol–water partition coefficient (Wildman–Crippen LogP) is 2.09. The third kappa shape index (κ3) is 3.89. The monoisotopic (exact) mass is 374 g/mol. The van der Waals surface area contributed by atoms with Crippen molar-refractivity contribution >= 4 is 43.2 Å². The summed E-state index contributed by atoms with van der Waals surface area (Å²) < 4.78 is 23.2. The van der Waals surface area contributed by atoms with E-state index in [1.807, 2.05) is 6.07 Å². The minimum absolute atomic E-state index is 0.0872. The molecule has 0 aliphatic carbocycles. The van der Waals surface area contributed by atoms with Crippen LogP contribution in [0.4, 0.5) is 0 Å². The number of amides is 1. The van der Waals surface area contributed by atoms with Crippen molar-refractivity contribution in [3.05, 3.63) is 51.3 Å². The molecule has 0 saturated heterocycles. The van der Waals surface area contributed by atoms with Gasteiger partial charge in [-0.25, -0.2) is 13.6 Å². The lowest BCUT2D eigenvalue weighted by molar-refractivity contribution is 0.0951. The van der Waals surface area contributed by atoms with Crippen LogP contribution < -0.4 is 10.5 Å². The first-order valence-corrected chi connectivity index (χ1v) is 8.67. The summed E-state index contributed by atoms with van der Waals surface area (Å²) >= 11 is 4.34. The maximum Gasteiger partial charge on any atom is 0.251 e. The smallest absolute Gasteiger partial charge is 0.251 e. The highest BCUT2D eigenvalue weighted by Crippen LogP contribution is 2.20. The maximum absolute atomic E-state index is 11.9. The molecule has 2 aromatic rings. The van der Waals surface area contributed by atoms with E-state index in [4.69, 9.17) is 5.14 Å². The van der Waals surface area contributed by atoms with Crippen molar-refractivity contribution in [2.75, 3.05) is 0 Å². The van der Waals surface area contributed by atoms with Crippen LogP contribution in [0.15, 0.2) is 45.1 Å². The first-order valence-electron chi connectivity index (χ1n) is 5.51. The summed E-state index contributed by atoms with van der Waals surface area (Å²) in [6.45, 7) is 0.255. The van der Waals surface area contributed by atoms with E-state index in [1.54, 1.807) is 24.3 Å². The molecule has 106 valence electrons. The number of primary sulfonamides is 1. The van der Waals surface area contributed by atoms with Gasteiger partial charge < -0.3 is 5.32 Å². The molecule has 3 N–H and O–H groups in total. The number of nitrogens with two attached hydrogens (primary N) is 1. The van der Waals surface area contributed by atoms with Gasteiger partial charge in [0.2, 0.25) is 10.0 Å². The topological polar surface area (TPSA) is 89.3 Å². The molecule has 5 nitrogen and oxygen atoms in total. The molecule has 1 heterocycles. The van der Waals surface area contributed by atoms with E-state index in [1.165, 1.54) is 6.07 Å². The van der Waals surface area contributed by atoms with Crippen LogP contribution in [0.25, 0.3) is 0 Å². The molecule has 1 amide bonds. The Balaban J connectivity index is 2.02. The van der Waals surface area contributed by atoms with Crippen molar-refractivity contribution in [2.24, 2.45) is 5.14 Å². The molecule has 2 rings (SSSR count). The average Bonchev–Trinajstić information content (AvgIpc) is 2.84. The number of hydrogen-bond acceptors (Lipinski definition) is 4. The fourth-order valence-corrected chi connectivity index (χ4v) is 3.62. The maximum atomic E-state index is 11.9. The Bertz CT molecular complexity index is 741. The third-order valence-corrected chi connectivity index (χ3v) is 5.44. The van der Waals surface area contributed by atoms with Crippen LogP contribution in [0, 0.1) is 0 Å². The molecule has 0 unspecified atom stereocenters. The zero-order chi connectivity index (χ0) is 14.8. The summed E-state index contributed by atoms with van der Waals surface area (Å²) in [5.74, 6) is -0.225. The number of carbonyl (C=O) groups excluding carboxylic acids is 1. The molecular formula is C12H11BrN2O3S2. The fourth-order valence-electron chi connectivity index (χ4n) is 1.51. The molecular weight excluding hydrogens is 364 g/mol. The normalized spacial score (nSPS) is 11.3. The number of nitrogens with one attached hydrogen (secondary N) is 1. The molecule has 0 saturated carbocycles. The van der Waals surface area contributed by atoms with Crippen molar-refractivity contribution in [1.82, 2.24) is 5.32 Å². The van der Waals surface area contributed by atoms with Gasteiger partial charge in [0.15, 0.2) is 0 Å². The van der Waals surface area contributed by atoms with Crippen LogP contribution in [0.5, 0.6) is 0 Å². The van der Waals surface area contributed by atoms with Gasteiger partial charge in [-0.05, 0) is 30.3 Å². The molecule has 0 fully saturated rings. The SMILES string of the molecule is NS(=O)(=O)c1ccc(CNC(=O)c2cccc(Br)c2)s1. The van der Waals surface area contributed by atoms with Crippen LogP contribution in [0.3, 0.4) is 0 Å². The largest absolute Gasteiger partial charge is 0.347 e. The summed E-state index contributed by atoms with van der Waals surface area (Å²) in [4.78, 5) is 12.6. The summed E-state index contributed by atoms with van der Waals surface area (Å²) in [5, 5.41) is 7.75.